The fourth-order valence-electron chi connectivity index (χ4n) is 2.12. The van der Waals surface area contributed by atoms with Gasteiger partial charge < -0.3 is 10.4 Å². The van der Waals surface area contributed by atoms with Crippen LogP contribution in [0.15, 0.2) is 24.3 Å². The van der Waals surface area contributed by atoms with Crippen LogP contribution in [0.1, 0.15) is 23.6 Å². The fraction of sp³-hybridized carbons (Fsp3) is 0.500. The van der Waals surface area contributed by atoms with Crippen molar-refractivity contribution in [1.82, 2.24) is 5.32 Å². The lowest BCUT2D eigenvalue weighted by Gasteiger charge is -2.16. The van der Waals surface area contributed by atoms with Crippen molar-refractivity contribution in [3.8, 4) is 0 Å². The lowest BCUT2D eigenvalue weighted by molar-refractivity contribution is -0.00462. The third kappa shape index (κ3) is 2.39. The molecule has 0 radical (unpaired) electrons. The molecule has 0 spiro atoms. The molecule has 0 bridgehead atoms. The molecule has 4 heteroatoms. The number of aliphatic hydroxyl groups is 1. The molecule has 0 saturated carbocycles. The van der Waals surface area contributed by atoms with Gasteiger partial charge in [-0.25, -0.2) is 8.78 Å². The quantitative estimate of drug-likeness (QED) is 0.823. The number of fused-ring (bicyclic) bond motifs is 1. The first kappa shape index (κ1) is 11.5. The molecule has 1 aliphatic rings. The Bertz CT molecular complexity index is 357. The highest BCUT2D eigenvalue weighted by atomic mass is 19.3. The van der Waals surface area contributed by atoms with E-state index in [1.54, 1.807) is 0 Å². The average molecular weight is 227 g/mol. The van der Waals surface area contributed by atoms with E-state index in [0.717, 1.165) is 12.8 Å². The Morgan fingerprint density at radius 3 is 2.88 bits per heavy atom. The average Bonchev–Trinajstić information content (AvgIpc) is 2.69. The number of benzene rings is 1. The molecule has 0 saturated heterocycles. The van der Waals surface area contributed by atoms with Crippen LogP contribution >= 0.6 is 0 Å². The van der Waals surface area contributed by atoms with Crippen molar-refractivity contribution < 1.29 is 13.9 Å². The highest BCUT2D eigenvalue weighted by Gasteiger charge is 2.24. The summed E-state index contributed by atoms with van der Waals surface area (Å²) in [5.74, 6) is 0. The Hall–Kier alpha value is -1.00. The molecule has 1 aromatic rings. The summed E-state index contributed by atoms with van der Waals surface area (Å²) in [6, 6.07) is 8.09. The summed E-state index contributed by atoms with van der Waals surface area (Å²) in [5.41, 5.74) is 2.44. The van der Waals surface area contributed by atoms with Crippen LogP contribution in [-0.2, 0) is 6.42 Å². The highest BCUT2D eigenvalue weighted by Crippen LogP contribution is 2.30. The van der Waals surface area contributed by atoms with Crippen LogP contribution in [-0.4, -0.2) is 24.2 Å². The van der Waals surface area contributed by atoms with Crippen LogP contribution in [0.4, 0.5) is 8.78 Å². The predicted molar refractivity (Wildman–Crippen MR) is 57.5 cm³/mol. The van der Waals surface area contributed by atoms with Crippen LogP contribution in [0.25, 0.3) is 0 Å². The minimum Gasteiger partial charge on any atom is -0.386 e. The molecule has 0 amide bonds. The normalized spacial score (nSPS) is 21.1. The van der Waals surface area contributed by atoms with E-state index in [1.807, 2.05) is 18.2 Å². The summed E-state index contributed by atoms with van der Waals surface area (Å²) in [4.78, 5) is 0. The molecule has 0 aliphatic heterocycles. The molecule has 2 rings (SSSR count). The van der Waals surface area contributed by atoms with Crippen molar-refractivity contribution in [2.45, 2.75) is 31.4 Å². The molecule has 16 heavy (non-hydrogen) atoms. The fourth-order valence-corrected chi connectivity index (χ4v) is 2.12. The molecule has 0 fully saturated rings. The van der Waals surface area contributed by atoms with E-state index in [1.165, 1.54) is 11.1 Å². The van der Waals surface area contributed by atoms with Crippen LogP contribution < -0.4 is 5.32 Å². The van der Waals surface area contributed by atoms with Crippen molar-refractivity contribution in [3.63, 3.8) is 0 Å². The summed E-state index contributed by atoms with van der Waals surface area (Å²) in [7, 11) is 0. The van der Waals surface area contributed by atoms with Crippen molar-refractivity contribution in [3.05, 3.63) is 35.4 Å². The second kappa shape index (κ2) is 4.89. The van der Waals surface area contributed by atoms with E-state index in [-0.39, 0.29) is 12.6 Å². The molecular weight excluding hydrogens is 212 g/mol. The lowest BCUT2D eigenvalue weighted by atomic mass is 10.1. The van der Waals surface area contributed by atoms with Gasteiger partial charge in [-0.1, -0.05) is 24.3 Å². The molecule has 88 valence electrons. The largest absolute Gasteiger partial charge is 0.386 e. The van der Waals surface area contributed by atoms with E-state index in [4.69, 9.17) is 5.11 Å². The Labute approximate surface area is 93.3 Å². The second-order valence-corrected chi connectivity index (χ2v) is 4.10. The molecule has 0 heterocycles. The molecular formula is C12H15F2NO. The van der Waals surface area contributed by atoms with E-state index < -0.39 is 12.5 Å². The Morgan fingerprint density at radius 1 is 1.38 bits per heavy atom. The van der Waals surface area contributed by atoms with Crippen LogP contribution in [0.3, 0.4) is 0 Å². The van der Waals surface area contributed by atoms with Crippen molar-refractivity contribution in [2.75, 3.05) is 6.54 Å². The molecule has 2 N–H and O–H groups in total. The SMILES string of the molecule is OC(CNC1CCc2ccccc21)C(F)F. The molecule has 2 nitrogen and oxygen atoms in total. The summed E-state index contributed by atoms with van der Waals surface area (Å²) in [6.07, 6.45) is -2.37. The van der Waals surface area contributed by atoms with E-state index in [2.05, 4.69) is 11.4 Å². The topological polar surface area (TPSA) is 32.3 Å². The number of hydrogen-bond acceptors (Lipinski definition) is 2. The van der Waals surface area contributed by atoms with E-state index >= 15 is 0 Å². The number of aliphatic hydroxyl groups excluding tert-OH is 1. The zero-order valence-corrected chi connectivity index (χ0v) is 8.87. The molecule has 0 aromatic heterocycles. The van der Waals surface area contributed by atoms with Gasteiger partial charge in [0.25, 0.3) is 6.43 Å². The molecule has 1 aliphatic carbocycles. The number of aryl methyl sites for hydroxylation is 1. The van der Waals surface area contributed by atoms with Crippen LogP contribution in [0, 0.1) is 0 Å². The Balaban J connectivity index is 1.93. The number of halogens is 2. The Morgan fingerprint density at radius 2 is 2.12 bits per heavy atom. The first-order valence-corrected chi connectivity index (χ1v) is 5.46. The van der Waals surface area contributed by atoms with E-state index in [0.29, 0.717) is 0 Å². The molecule has 2 unspecified atom stereocenters. The van der Waals surface area contributed by atoms with Gasteiger partial charge in [0.15, 0.2) is 0 Å². The first-order chi connectivity index (χ1) is 7.68. The third-order valence-corrected chi connectivity index (χ3v) is 3.00. The van der Waals surface area contributed by atoms with Crippen LogP contribution in [0.2, 0.25) is 0 Å². The predicted octanol–water partition coefficient (Wildman–Crippen LogP) is 1.89. The van der Waals surface area contributed by atoms with E-state index in [9.17, 15) is 8.78 Å². The number of alkyl halides is 2. The van der Waals surface area contributed by atoms with Gasteiger partial charge in [0.2, 0.25) is 0 Å². The minimum absolute atomic E-state index is 0.0589. The van der Waals surface area contributed by atoms with Gasteiger partial charge in [-0.3, -0.25) is 0 Å². The van der Waals surface area contributed by atoms with Gasteiger partial charge in [0.1, 0.15) is 6.10 Å². The summed E-state index contributed by atoms with van der Waals surface area (Å²) >= 11 is 0. The van der Waals surface area contributed by atoms with Gasteiger partial charge in [-0.2, -0.15) is 0 Å². The zero-order valence-electron chi connectivity index (χ0n) is 8.87. The van der Waals surface area contributed by atoms with Crippen LogP contribution in [0.5, 0.6) is 0 Å². The van der Waals surface area contributed by atoms with Crippen molar-refractivity contribution in [2.24, 2.45) is 0 Å². The third-order valence-electron chi connectivity index (χ3n) is 3.00. The van der Waals surface area contributed by atoms with Crippen molar-refractivity contribution >= 4 is 0 Å². The maximum Gasteiger partial charge on any atom is 0.265 e. The number of nitrogens with one attached hydrogen (secondary N) is 1. The van der Waals surface area contributed by atoms with Crippen molar-refractivity contribution in [1.29, 1.82) is 0 Å². The maximum atomic E-state index is 12.1. The van der Waals surface area contributed by atoms with Gasteiger partial charge >= 0.3 is 0 Å². The van der Waals surface area contributed by atoms with Gasteiger partial charge in [0, 0.05) is 12.6 Å². The van der Waals surface area contributed by atoms with Gasteiger partial charge in [0.05, 0.1) is 0 Å². The van der Waals surface area contributed by atoms with Gasteiger partial charge in [-0.15, -0.1) is 0 Å². The smallest absolute Gasteiger partial charge is 0.265 e. The Kier molecular flexibility index (Phi) is 3.51. The molecule has 1 aromatic carbocycles. The standard InChI is InChI=1S/C12H15F2NO/c13-12(14)11(16)7-15-10-6-5-8-3-1-2-4-9(8)10/h1-4,10-12,15-16H,5-7H2. The first-order valence-electron chi connectivity index (χ1n) is 5.46. The summed E-state index contributed by atoms with van der Waals surface area (Å²) in [5, 5.41) is 12.0. The summed E-state index contributed by atoms with van der Waals surface area (Å²) < 4.78 is 24.2. The summed E-state index contributed by atoms with van der Waals surface area (Å²) in [6.45, 7) is -0.0589. The maximum absolute atomic E-state index is 12.1. The highest BCUT2D eigenvalue weighted by molar-refractivity contribution is 5.34. The monoisotopic (exact) mass is 227 g/mol. The second-order valence-electron chi connectivity index (χ2n) is 4.10. The lowest BCUT2D eigenvalue weighted by Crippen LogP contribution is -2.33. The number of rotatable bonds is 4. The minimum atomic E-state index is -2.68. The zero-order chi connectivity index (χ0) is 11.5. The van der Waals surface area contributed by atoms with Gasteiger partial charge in [-0.05, 0) is 24.0 Å². The number of hydrogen-bond donors (Lipinski definition) is 2. The molecule has 2 atom stereocenters.